The number of nitrogens with one attached hydrogen (secondary N) is 1. The molecule has 0 bridgehead atoms. The highest BCUT2D eigenvalue weighted by Crippen LogP contribution is 2.21. The summed E-state index contributed by atoms with van der Waals surface area (Å²) in [4.78, 5) is 23.0. The number of hydrogen-bond donors (Lipinski definition) is 2. The number of methoxy groups -OCH3 is 1. The first-order chi connectivity index (χ1) is 9.58. The highest BCUT2D eigenvalue weighted by Gasteiger charge is 2.08. The summed E-state index contributed by atoms with van der Waals surface area (Å²) in [5.41, 5.74) is 6.60. The van der Waals surface area contributed by atoms with E-state index in [-0.39, 0.29) is 11.9 Å². The molecular formula is C14H20N2O4. The maximum Gasteiger partial charge on any atom is 0.305 e. The lowest BCUT2D eigenvalue weighted by Gasteiger charge is -2.08. The van der Waals surface area contributed by atoms with Crippen LogP contribution < -0.4 is 15.8 Å². The van der Waals surface area contributed by atoms with Crippen LogP contribution in [0.15, 0.2) is 18.2 Å². The molecule has 1 aromatic rings. The Hall–Kier alpha value is -2.24. The molecule has 110 valence electrons. The van der Waals surface area contributed by atoms with Crippen molar-refractivity contribution in [2.24, 2.45) is 0 Å². The van der Waals surface area contributed by atoms with Crippen molar-refractivity contribution in [3.05, 3.63) is 23.8 Å². The third kappa shape index (κ3) is 4.79. The second-order valence-electron chi connectivity index (χ2n) is 4.12. The van der Waals surface area contributed by atoms with Crippen molar-refractivity contribution < 1.29 is 19.1 Å². The highest BCUT2D eigenvalue weighted by molar-refractivity contribution is 5.95. The SMILES string of the molecule is CCOC(=O)CCCNC(=O)c1ccc(OC)c(N)c1. The summed E-state index contributed by atoms with van der Waals surface area (Å²) in [7, 11) is 1.51. The number of ether oxygens (including phenoxy) is 2. The van der Waals surface area contributed by atoms with Crippen LogP contribution in [0.4, 0.5) is 5.69 Å². The Morgan fingerprint density at radius 1 is 1.35 bits per heavy atom. The molecule has 3 N–H and O–H groups in total. The Balaban J connectivity index is 2.39. The number of esters is 1. The average molecular weight is 280 g/mol. The zero-order chi connectivity index (χ0) is 15.0. The Bertz CT molecular complexity index is 474. The molecule has 0 atom stereocenters. The Morgan fingerprint density at radius 2 is 2.10 bits per heavy atom. The average Bonchev–Trinajstić information content (AvgIpc) is 2.43. The van der Waals surface area contributed by atoms with Crippen LogP contribution >= 0.6 is 0 Å². The molecule has 6 nitrogen and oxygen atoms in total. The first kappa shape index (κ1) is 15.8. The van der Waals surface area contributed by atoms with E-state index in [1.54, 1.807) is 25.1 Å². The largest absolute Gasteiger partial charge is 0.495 e. The number of benzene rings is 1. The van der Waals surface area contributed by atoms with E-state index in [4.69, 9.17) is 15.2 Å². The van der Waals surface area contributed by atoms with Crippen LogP contribution in [0.1, 0.15) is 30.1 Å². The standard InChI is InChI=1S/C14H20N2O4/c1-3-20-13(17)5-4-8-16-14(18)10-6-7-12(19-2)11(15)9-10/h6-7,9H,3-5,8,15H2,1-2H3,(H,16,18). The predicted molar refractivity (Wildman–Crippen MR) is 75.6 cm³/mol. The van der Waals surface area contributed by atoms with Gasteiger partial charge in [-0.2, -0.15) is 0 Å². The van der Waals surface area contributed by atoms with E-state index in [2.05, 4.69) is 5.32 Å². The molecule has 20 heavy (non-hydrogen) atoms. The third-order valence-electron chi connectivity index (χ3n) is 2.64. The van der Waals surface area contributed by atoms with Crippen LogP contribution in [0.5, 0.6) is 5.75 Å². The van der Waals surface area contributed by atoms with Gasteiger partial charge in [-0.15, -0.1) is 0 Å². The summed E-state index contributed by atoms with van der Waals surface area (Å²) in [6, 6.07) is 4.83. The van der Waals surface area contributed by atoms with Crippen molar-refractivity contribution in [3.63, 3.8) is 0 Å². The molecule has 0 fully saturated rings. The molecule has 0 saturated carbocycles. The highest BCUT2D eigenvalue weighted by atomic mass is 16.5. The van der Waals surface area contributed by atoms with Crippen LogP contribution in [0.25, 0.3) is 0 Å². The number of hydrogen-bond acceptors (Lipinski definition) is 5. The predicted octanol–water partition coefficient (Wildman–Crippen LogP) is 1.35. The van der Waals surface area contributed by atoms with E-state index in [1.807, 2.05) is 0 Å². The summed E-state index contributed by atoms with van der Waals surface area (Å²) in [5, 5.41) is 2.72. The lowest BCUT2D eigenvalue weighted by Crippen LogP contribution is -2.25. The fourth-order valence-electron chi connectivity index (χ4n) is 1.65. The van der Waals surface area contributed by atoms with E-state index in [0.29, 0.717) is 43.0 Å². The molecule has 0 aliphatic carbocycles. The van der Waals surface area contributed by atoms with Gasteiger partial charge in [-0.25, -0.2) is 0 Å². The van der Waals surface area contributed by atoms with Crippen molar-refractivity contribution >= 4 is 17.6 Å². The summed E-state index contributed by atoms with van der Waals surface area (Å²) in [6.07, 6.45) is 0.828. The summed E-state index contributed by atoms with van der Waals surface area (Å²) in [5.74, 6) is 0.0440. The van der Waals surface area contributed by atoms with Gasteiger partial charge < -0.3 is 20.5 Å². The molecule has 0 aromatic heterocycles. The third-order valence-corrected chi connectivity index (χ3v) is 2.64. The van der Waals surface area contributed by atoms with Gasteiger partial charge in [0, 0.05) is 18.5 Å². The monoisotopic (exact) mass is 280 g/mol. The van der Waals surface area contributed by atoms with E-state index in [9.17, 15) is 9.59 Å². The van der Waals surface area contributed by atoms with Gasteiger partial charge in [-0.05, 0) is 31.5 Å². The number of amides is 1. The van der Waals surface area contributed by atoms with Crippen molar-refractivity contribution in [1.82, 2.24) is 5.32 Å². The van der Waals surface area contributed by atoms with Crippen LogP contribution in [-0.4, -0.2) is 32.1 Å². The van der Waals surface area contributed by atoms with Crippen molar-refractivity contribution in [2.75, 3.05) is 26.0 Å². The summed E-state index contributed by atoms with van der Waals surface area (Å²) in [6.45, 7) is 2.54. The van der Waals surface area contributed by atoms with Crippen LogP contribution in [0, 0.1) is 0 Å². The Labute approximate surface area is 118 Å². The fourth-order valence-corrected chi connectivity index (χ4v) is 1.65. The zero-order valence-electron chi connectivity index (χ0n) is 11.8. The van der Waals surface area contributed by atoms with Crippen LogP contribution in [0.3, 0.4) is 0 Å². The van der Waals surface area contributed by atoms with Crippen LogP contribution in [0.2, 0.25) is 0 Å². The van der Waals surface area contributed by atoms with Gasteiger partial charge in [-0.3, -0.25) is 9.59 Å². The molecule has 0 heterocycles. The minimum Gasteiger partial charge on any atom is -0.495 e. The second-order valence-corrected chi connectivity index (χ2v) is 4.12. The molecular weight excluding hydrogens is 260 g/mol. The minimum absolute atomic E-state index is 0.233. The van der Waals surface area contributed by atoms with Gasteiger partial charge in [0.25, 0.3) is 5.91 Å². The van der Waals surface area contributed by atoms with Gasteiger partial charge in [0.2, 0.25) is 0 Å². The summed E-state index contributed by atoms with van der Waals surface area (Å²) >= 11 is 0. The Morgan fingerprint density at radius 3 is 2.70 bits per heavy atom. The number of rotatable bonds is 7. The smallest absolute Gasteiger partial charge is 0.305 e. The normalized spacial score (nSPS) is 9.90. The molecule has 1 amide bonds. The molecule has 0 unspecified atom stereocenters. The molecule has 1 rings (SSSR count). The molecule has 0 saturated heterocycles. The molecule has 0 aliphatic rings. The topological polar surface area (TPSA) is 90.6 Å². The molecule has 1 aromatic carbocycles. The van der Waals surface area contributed by atoms with Gasteiger partial charge >= 0.3 is 5.97 Å². The molecule has 6 heteroatoms. The lowest BCUT2D eigenvalue weighted by molar-refractivity contribution is -0.143. The number of anilines is 1. The van der Waals surface area contributed by atoms with Gasteiger partial charge in [0.15, 0.2) is 0 Å². The zero-order valence-corrected chi connectivity index (χ0v) is 11.8. The van der Waals surface area contributed by atoms with Gasteiger partial charge in [0.1, 0.15) is 5.75 Å². The maximum atomic E-state index is 11.8. The first-order valence-corrected chi connectivity index (χ1v) is 6.45. The number of carbonyl (C=O) groups is 2. The molecule has 0 radical (unpaired) electrons. The first-order valence-electron chi connectivity index (χ1n) is 6.45. The van der Waals surface area contributed by atoms with Gasteiger partial charge in [-0.1, -0.05) is 0 Å². The number of nitrogen functional groups attached to an aromatic ring is 1. The van der Waals surface area contributed by atoms with Crippen molar-refractivity contribution in [3.8, 4) is 5.75 Å². The lowest BCUT2D eigenvalue weighted by atomic mass is 10.1. The van der Waals surface area contributed by atoms with E-state index in [0.717, 1.165) is 0 Å². The number of carbonyl (C=O) groups excluding carboxylic acids is 2. The maximum absolute atomic E-state index is 11.8. The molecule has 0 aliphatic heterocycles. The van der Waals surface area contributed by atoms with E-state index < -0.39 is 0 Å². The number of nitrogens with two attached hydrogens (primary N) is 1. The minimum atomic E-state index is -0.254. The Kier molecular flexibility index (Phi) is 6.36. The quantitative estimate of drug-likeness (QED) is 0.447. The van der Waals surface area contributed by atoms with E-state index in [1.165, 1.54) is 7.11 Å². The van der Waals surface area contributed by atoms with Crippen molar-refractivity contribution in [1.29, 1.82) is 0 Å². The second kappa shape index (κ2) is 8.04. The van der Waals surface area contributed by atoms with Gasteiger partial charge in [0.05, 0.1) is 19.4 Å². The molecule has 0 spiro atoms. The van der Waals surface area contributed by atoms with Crippen molar-refractivity contribution in [2.45, 2.75) is 19.8 Å². The van der Waals surface area contributed by atoms with E-state index >= 15 is 0 Å². The van der Waals surface area contributed by atoms with Crippen LogP contribution in [-0.2, 0) is 9.53 Å². The fraction of sp³-hybridized carbons (Fsp3) is 0.429. The summed E-state index contributed by atoms with van der Waals surface area (Å²) < 4.78 is 9.81.